The third-order valence-corrected chi connectivity index (χ3v) is 2.84. The molecule has 20 heavy (non-hydrogen) atoms. The van der Waals surface area contributed by atoms with Gasteiger partial charge < -0.3 is 10.4 Å². The Kier molecular flexibility index (Phi) is 5.59. The Balaban J connectivity index is 2.60. The third-order valence-electron chi connectivity index (χ3n) is 2.84. The lowest BCUT2D eigenvalue weighted by Gasteiger charge is -2.25. The number of benzene rings is 1. The van der Waals surface area contributed by atoms with Crippen molar-refractivity contribution in [2.75, 3.05) is 6.54 Å². The first-order valence-electron chi connectivity index (χ1n) is 6.56. The van der Waals surface area contributed by atoms with Crippen LogP contribution in [0.3, 0.4) is 0 Å². The van der Waals surface area contributed by atoms with Crippen LogP contribution in [-0.2, 0) is 6.54 Å². The number of aliphatic hydroxyl groups is 1. The summed E-state index contributed by atoms with van der Waals surface area (Å²) in [4.78, 5) is 10.0. The molecule has 6 heteroatoms. The summed E-state index contributed by atoms with van der Waals surface area (Å²) >= 11 is 0. The van der Waals surface area contributed by atoms with Crippen LogP contribution in [-0.4, -0.2) is 22.2 Å². The lowest BCUT2D eigenvalue weighted by molar-refractivity contribution is -0.385. The van der Waals surface area contributed by atoms with Crippen molar-refractivity contribution in [2.24, 2.45) is 5.92 Å². The molecular formula is C14H21FN2O3. The highest BCUT2D eigenvalue weighted by molar-refractivity contribution is 5.35. The Hall–Kier alpha value is -1.53. The van der Waals surface area contributed by atoms with Gasteiger partial charge in [-0.15, -0.1) is 0 Å². The standard InChI is InChI=1S/C14H21FN2O3/c1-10(2)7-14(3,18)9-16-8-11-4-12(15)6-13(5-11)17(19)20/h4-6,10,16,18H,7-9H2,1-3H3. The summed E-state index contributed by atoms with van der Waals surface area (Å²) in [6.45, 7) is 6.38. The summed E-state index contributed by atoms with van der Waals surface area (Å²) in [5.74, 6) is -0.271. The average molecular weight is 284 g/mol. The normalized spacial score (nSPS) is 14.3. The van der Waals surface area contributed by atoms with Gasteiger partial charge in [-0.2, -0.15) is 0 Å². The zero-order chi connectivity index (χ0) is 15.3. The van der Waals surface area contributed by atoms with E-state index in [0.717, 1.165) is 6.07 Å². The van der Waals surface area contributed by atoms with Crippen LogP contribution in [0.5, 0.6) is 0 Å². The van der Waals surface area contributed by atoms with E-state index in [1.807, 2.05) is 13.8 Å². The van der Waals surface area contributed by atoms with Crippen molar-refractivity contribution in [2.45, 2.75) is 39.3 Å². The summed E-state index contributed by atoms with van der Waals surface area (Å²) in [6.07, 6.45) is 0.642. The molecule has 0 bridgehead atoms. The molecule has 0 fully saturated rings. The van der Waals surface area contributed by atoms with E-state index in [0.29, 0.717) is 24.4 Å². The number of rotatable bonds is 7. The molecule has 0 amide bonds. The summed E-state index contributed by atoms with van der Waals surface area (Å²) < 4.78 is 13.2. The van der Waals surface area contributed by atoms with Crippen LogP contribution >= 0.6 is 0 Å². The van der Waals surface area contributed by atoms with Gasteiger partial charge in [0.1, 0.15) is 5.82 Å². The van der Waals surface area contributed by atoms with Crippen molar-refractivity contribution >= 4 is 5.69 Å². The van der Waals surface area contributed by atoms with E-state index in [9.17, 15) is 19.6 Å². The minimum Gasteiger partial charge on any atom is -0.389 e. The van der Waals surface area contributed by atoms with Gasteiger partial charge in [-0.05, 0) is 30.9 Å². The van der Waals surface area contributed by atoms with E-state index >= 15 is 0 Å². The molecule has 5 nitrogen and oxygen atoms in total. The summed E-state index contributed by atoms with van der Waals surface area (Å²) in [6, 6.07) is 3.46. The molecule has 0 aliphatic carbocycles. The highest BCUT2D eigenvalue weighted by atomic mass is 19.1. The first kappa shape index (κ1) is 16.5. The van der Waals surface area contributed by atoms with Gasteiger partial charge in [0.25, 0.3) is 5.69 Å². The Morgan fingerprint density at radius 3 is 2.65 bits per heavy atom. The zero-order valence-electron chi connectivity index (χ0n) is 12.0. The molecule has 1 atom stereocenters. The van der Waals surface area contributed by atoms with E-state index in [1.54, 1.807) is 6.92 Å². The molecule has 0 aliphatic heterocycles. The second-order valence-corrected chi connectivity index (χ2v) is 5.77. The fraction of sp³-hybridized carbons (Fsp3) is 0.571. The molecular weight excluding hydrogens is 263 g/mol. The van der Waals surface area contributed by atoms with Gasteiger partial charge in [-0.1, -0.05) is 13.8 Å². The van der Waals surface area contributed by atoms with E-state index in [4.69, 9.17) is 0 Å². The molecule has 1 rings (SSSR count). The molecule has 1 aromatic carbocycles. The molecule has 1 unspecified atom stereocenters. The Labute approximate surface area is 118 Å². The predicted molar refractivity (Wildman–Crippen MR) is 74.8 cm³/mol. The maximum absolute atomic E-state index is 13.2. The van der Waals surface area contributed by atoms with Crippen molar-refractivity contribution in [3.63, 3.8) is 0 Å². The fourth-order valence-corrected chi connectivity index (χ4v) is 2.27. The van der Waals surface area contributed by atoms with Crippen LogP contribution in [0.1, 0.15) is 32.8 Å². The minimum absolute atomic E-state index is 0.268. The van der Waals surface area contributed by atoms with Gasteiger partial charge in [-0.3, -0.25) is 10.1 Å². The monoisotopic (exact) mass is 284 g/mol. The van der Waals surface area contributed by atoms with Gasteiger partial charge in [-0.25, -0.2) is 4.39 Å². The Morgan fingerprint density at radius 1 is 1.45 bits per heavy atom. The highest BCUT2D eigenvalue weighted by Crippen LogP contribution is 2.17. The molecule has 0 saturated carbocycles. The number of halogens is 1. The van der Waals surface area contributed by atoms with Gasteiger partial charge in [0.05, 0.1) is 16.6 Å². The fourth-order valence-electron chi connectivity index (χ4n) is 2.27. The van der Waals surface area contributed by atoms with Gasteiger partial charge >= 0.3 is 0 Å². The van der Waals surface area contributed by atoms with Crippen LogP contribution in [0.15, 0.2) is 18.2 Å². The number of nitro benzene ring substituents is 1. The number of non-ortho nitro benzene ring substituents is 1. The summed E-state index contributed by atoms with van der Waals surface area (Å²) in [5.41, 5.74) is -0.638. The number of hydrogen-bond acceptors (Lipinski definition) is 4. The average Bonchev–Trinajstić information content (AvgIpc) is 2.25. The number of nitrogens with zero attached hydrogens (tertiary/aromatic N) is 1. The maximum Gasteiger partial charge on any atom is 0.272 e. The second-order valence-electron chi connectivity index (χ2n) is 5.77. The molecule has 112 valence electrons. The van der Waals surface area contributed by atoms with E-state index in [-0.39, 0.29) is 12.2 Å². The first-order chi connectivity index (χ1) is 9.19. The lowest BCUT2D eigenvalue weighted by atomic mass is 9.94. The van der Waals surface area contributed by atoms with Gasteiger partial charge in [0.15, 0.2) is 0 Å². The number of nitrogens with one attached hydrogen (secondary N) is 1. The quantitative estimate of drug-likeness (QED) is 0.596. The molecule has 2 N–H and O–H groups in total. The van der Waals surface area contributed by atoms with E-state index in [2.05, 4.69) is 5.32 Å². The molecule has 0 aliphatic rings. The number of hydrogen-bond donors (Lipinski definition) is 2. The van der Waals surface area contributed by atoms with Crippen LogP contribution in [0.25, 0.3) is 0 Å². The van der Waals surface area contributed by atoms with E-state index < -0.39 is 16.3 Å². The summed E-state index contributed by atoms with van der Waals surface area (Å²) in [5, 5.41) is 23.8. The highest BCUT2D eigenvalue weighted by Gasteiger charge is 2.21. The first-order valence-corrected chi connectivity index (χ1v) is 6.56. The molecule has 0 aromatic heterocycles. The molecule has 0 saturated heterocycles. The minimum atomic E-state index is -0.854. The predicted octanol–water partition coefficient (Wildman–Crippen LogP) is 2.62. The van der Waals surface area contributed by atoms with Gasteiger partial charge in [0.2, 0.25) is 0 Å². The zero-order valence-corrected chi connectivity index (χ0v) is 12.0. The largest absolute Gasteiger partial charge is 0.389 e. The van der Waals surface area contributed by atoms with Gasteiger partial charge in [0, 0.05) is 19.2 Å². The topological polar surface area (TPSA) is 75.4 Å². The van der Waals surface area contributed by atoms with Crippen molar-refractivity contribution in [3.05, 3.63) is 39.7 Å². The molecule has 0 heterocycles. The smallest absolute Gasteiger partial charge is 0.272 e. The maximum atomic E-state index is 13.2. The lowest BCUT2D eigenvalue weighted by Crippen LogP contribution is -2.38. The van der Waals surface area contributed by atoms with Crippen LogP contribution in [0, 0.1) is 21.8 Å². The van der Waals surface area contributed by atoms with E-state index in [1.165, 1.54) is 12.1 Å². The second kappa shape index (κ2) is 6.76. The molecule has 1 aromatic rings. The van der Waals surface area contributed by atoms with Crippen LogP contribution in [0.2, 0.25) is 0 Å². The van der Waals surface area contributed by atoms with Crippen molar-refractivity contribution in [3.8, 4) is 0 Å². The van der Waals surface area contributed by atoms with Crippen molar-refractivity contribution < 1.29 is 14.4 Å². The van der Waals surface area contributed by atoms with Crippen molar-refractivity contribution in [1.29, 1.82) is 0 Å². The SMILES string of the molecule is CC(C)CC(C)(O)CNCc1cc(F)cc([N+](=O)[O-])c1. The Morgan fingerprint density at radius 2 is 2.10 bits per heavy atom. The third kappa shape index (κ3) is 5.63. The molecule has 0 spiro atoms. The summed E-state index contributed by atoms with van der Waals surface area (Å²) in [7, 11) is 0. The molecule has 0 radical (unpaired) electrons. The Bertz CT molecular complexity index is 475. The van der Waals surface area contributed by atoms with Crippen LogP contribution in [0.4, 0.5) is 10.1 Å². The van der Waals surface area contributed by atoms with Crippen molar-refractivity contribution in [1.82, 2.24) is 5.32 Å². The number of nitro groups is 1. The van der Waals surface area contributed by atoms with Crippen LogP contribution < -0.4 is 5.32 Å².